The van der Waals surface area contributed by atoms with Gasteiger partial charge in [-0.1, -0.05) is 13.8 Å². The quantitative estimate of drug-likeness (QED) is 0.678. The first-order valence-corrected chi connectivity index (χ1v) is 13.4. The fourth-order valence-corrected chi connectivity index (χ4v) is 5.68. The first-order valence-electron chi connectivity index (χ1n) is 10.8. The van der Waals surface area contributed by atoms with E-state index in [1.165, 1.54) is 23.7 Å². The van der Waals surface area contributed by atoms with Gasteiger partial charge in [-0.15, -0.1) is 0 Å². The van der Waals surface area contributed by atoms with Crippen LogP contribution in [0.2, 0.25) is 0 Å². The minimum absolute atomic E-state index is 0.0342. The summed E-state index contributed by atoms with van der Waals surface area (Å²) < 4.78 is 42.0. The number of rotatable bonds is 6. The van der Waals surface area contributed by atoms with Crippen molar-refractivity contribution in [3.8, 4) is 0 Å². The second-order valence-corrected chi connectivity index (χ2v) is 11.5. The zero-order valence-corrected chi connectivity index (χ0v) is 20.0. The van der Waals surface area contributed by atoms with Crippen molar-refractivity contribution in [1.82, 2.24) is 14.3 Å². The van der Waals surface area contributed by atoms with E-state index in [4.69, 9.17) is 0 Å². The van der Waals surface area contributed by atoms with Crippen LogP contribution in [0.15, 0.2) is 23.1 Å². The molecule has 4 rings (SSSR count). The summed E-state index contributed by atoms with van der Waals surface area (Å²) in [5, 5.41) is 3.90. The minimum Gasteiger partial charge on any atom is -0.371 e. The van der Waals surface area contributed by atoms with Gasteiger partial charge in [0.1, 0.15) is 17.7 Å². The molecule has 0 saturated carbocycles. The van der Waals surface area contributed by atoms with E-state index in [1.807, 2.05) is 4.90 Å². The molecule has 2 saturated heterocycles. The molecule has 174 valence electrons. The SMILES string of the molecule is CC(C)c1nsc(N2CCC(N3CCC(Nc4ccc(S(C)(=O)=O)cc4F)C3=O)CC2)n1. The van der Waals surface area contributed by atoms with E-state index < -0.39 is 21.7 Å². The van der Waals surface area contributed by atoms with Crippen LogP contribution in [-0.4, -0.2) is 66.6 Å². The molecule has 2 aliphatic heterocycles. The minimum atomic E-state index is -3.49. The summed E-state index contributed by atoms with van der Waals surface area (Å²) in [6, 6.07) is 3.37. The van der Waals surface area contributed by atoms with Gasteiger partial charge in [0.15, 0.2) is 9.84 Å². The van der Waals surface area contributed by atoms with Crippen LogP contribution < -0.4 is 10.2 Å². The molecule has 32 heavy (non-hydrogen) atoms. The van der Waals surface area contributed by atoms with Gasteiger partial charge < -0.3 is 15.1 Å². The van der Waals surface area contributed by atoms with E-state index in [2.05, 4.69) is 33.4 Å². The number of carbonyl (C=O) groups excluding carboxylic acids is 1. The van der Waals surface area contributed by atoms with Gasteiger partial charge in [0.05, 0.1) is 10.6 Å². The Morgan fingerprint density at radius 3 is 2.50 bits per heavy atom. The Balaban J connectivity index is 1.35. The number of carbonyl (C=O) groups is 1. The lowest BCUT2D eigenvalue weighted by atomic mass is 10.0. The number of anilines is 2. The van der Waals surface area contributed by atoms with E-state index >= 15 is 0 Å². The molecular weight excluding hydrogens is 453 g/mol. The number of aromatic nitrogens is 2. The number of amides is 1. The van der Waals surface area contributed by atoms with E-state index in [-0.39, 0.29) is 22.5 Å². The van der Waals surface area contributed by atoms with Crippen LogP contribution in [0.25, 0.3) is 0 Å². The van der Waals surface area contributed by atoms with E-state index in [0.29, 0.717) is 18.9 Å². The van der Waals surface area contributed by atoms with Crippen LogP contribution in [0.1, 0.15) is 44.9 Å². The van der Waals surface area contributed by atoms with Gasteiger partial charge in [-0.2, -0.15) is 4.37 Å². The van der Waals surface area contributed by atoms with Gasteiger partial charge in [-0.3, -0.25) is 4.79 Å². The van der Waals surface area contributed by atoms with E-state index in [0.717, 1.165) is 49.2 Å². The van der Waals surface area contributed by atoms with Crippen molar-refractivity contribution in [1.29, 1.82) is 0 Å². The number of halogens is 1. The number of benzene rings is 1. The van der Waals surface area contributed by atoms with Crippen molar-refractivity contribution >= 4 is 38.1 Å². The topological polar surface area (TPSA) is 95.5 Å². The van der Waals surface area contributed by atoms with Crippen molar-refractivity contribution < 1.29 is 17.6 Å². The van der Waals surface area contributed by atoms with Crippen LogP contribution in [0.4, 0.5) is 15.2 Å². The molecule has 1 aromatic carbocycles. The highest BCUT2D eigenvalue weighted by Crippen LogP contribution is 2.29. The highest BCUT2D eigenvalue weighted by molar-refractivity contribution is 7.90. The van der Waals surface area contributed by atoms with Gasteiger partial charge in [0.2, 0.25) is 11.0 Å². The summed E-state index contributed by atoms with van der Waals surface area (Å²) in [5.74, 6) is 0.461. The fourth-order valence-electron chi connectivity index (χ4n) is 4.19. The first kappa shape index (κ1) is 22.9. The smallest absolute Gasteiger partial charge is 0.245 e. The predicted octanol–water partition coefficient (Wildman–Crippen LogP) is 2.89. The number of hydrogen-bond acceptors (Lipinski definition) is 8. The monoisotopic (exact) mass is 481 g/mol. The van der Waals surface area contributed by atoms with E-state index in [9.17, 15) is 17.6 Å². The Morgan fingerprint density at radius 2 is 1.91 bits per heavy atom. The molecular formula is C21H28FN5O3S2. The lowest BCUT2D eigenvalue weighted by Crippen LogP contribution is -2.47. The lowest BCUT2D eigenvalue weighted by Gasteiger charge is -2.36. The molecule has 0 radical (unpaired) electrons. The van der Waals surface area contributed by atoms with Crippen LogP contribution in [0.5, 0.6) is 0 Å². The van der Waals surface area contributed by atoms with Gasteiger partial charge >= 0.3 is 0 Å². The maximum Gasteiger partial charge on any atom is 0.245 e. The lowest BCUT2D eigenvalue weighted by molar-refractivity contribution is -0.130. The van der Waals surface area contributed by atoms with Gasteiger partial charge in [-0.05, 0) is 37.5 Å². The largest absolute Gasteiger partial charge is 0.371 e. The van der Waals surface area contributed by atoms with Crippen molar-refractivity contribution in [3.63, 3.8) is 0 Å². The van der Waals surface area contributed by atoms with Crippen molar-refractivity contribution in [2.75, 3.05) is 36.1 Å². The normalized spacial score (nSPS) is 20.4. The van der Waals surface area contributed by atoms with E-state index in [1.54, 1.807) is 0 Å². The van der Waals surface area contributed by atoms with Gasteiger partial charge in [-0.25, -0.2) is 17.8 Å². The van der Waals surface area contributed by atoms with Crippen LogP contribution in [0, 0.1) is 5.82 Å². The van der Waals surface area contributed by atoms with Crippen molar-refractivity contribution in [3.05, 3.63) is 29.8 Å². The van der Waals surface area contributed by atoms with Crippen LogP contribution in [0.3, 0.4) is 0 Å². The zero-order chi connectivity index (χ0) is 23.0. The third kappa shape index (κ3) is 4.73. The molecule has 1 unspecified atom stereocenters. The predicted molar refractivity (Wildman–Crippen MR) is 122 cm³/mol. The maximum absolute atomic E-state index is 14.4. The summed E-state index contributed by atoms with van der Waals surface area (Å²) in [7, 11) is -3.49. The van der Waals surface area contributed by atoms with Gasteiger partial charge in [0, 0.05) is 49.4 Å². The average Bonchev–Trinajstić information content (AvgIpc) is 3.37. The molecule has 0 aliphatic carbocycles. The number of hydrogen-bond donors (Lipinski definition) is 1. The molecule has 0 bridgehead atoms. The first-order chi connectivity index (χ1) is 15.1. The summed E-state index contributed by atoms with van der Waals surface area (Å²) >= 11 is 1.42. The molecule has 3 heterocycles. The second-order valence-electron chi connectivity index (χ2n) is 8.74. The van der Waals surface area contributed by atoms with Crippen LogP contribution >= 0.6 is 11.5 Å². The van der Waals surface area contributed by atoms with Gasteiger partial charge in [0.25, 0.3) is 0 Å². The molecule has 1 N–H and O–H groups in total. The fraction of sp³-hybridized carbons (Fsp3) is 0.571. The molecule has 2 aliphatic rings. The number of nitrogens with zero attached hydrogens (tertiary/aromatic N) is 4. The summed E-state index contributed by atoms with van der Waals surface area (Å²) in [4.78, 5) is 21.7. The highest BCUT2D eigenvalue weighted by Gasteiger charge is 2.37. The molecule has 8 nitrogen and oxygen atoms in total. The highest BCUT2D eigenvalue weighted by atomic mass is 32.2. The number of sulfone groups is 1. The zero-order valence-electron chi connectivity index (χ0n) is 18.4. The molecule has 1 amide bonds. The summed E-state index contributed by atoms with van der Waals surface area (Å²) in [6.45, 7) is 6.42. The third-order valence-electron chi connectivity index (χ3n) is 6.06. The Hall–Kier alpha value is -2.27. The Bertz CT molecular complexity index is 1100. The van der Waals surface area contributed by atoms with Crippen molar-refractivity contribution in [2.24, 2.45) is 0 Å². The Labute approximate surface area is 191 Å². The number of likely N-dealkylation sites (tertiary alicyclic amines) is 1. The second kappa shape index (κ2) is 8.93. The van der Waals surface area contributed by atoms with Crippen LogP contribution in [-0.2, 0) is 14.6 Å². The molecule has 0 spiro atoms. The summed E-state index contributed by atoms with van der Waals surface area (Å²) in [5.41, 5.74) is 0.143. The maximum atomic E-state index is 14.4. The molecule has 11 heteroatoms. The summed E-state index contributed by atoms with van der Waals surface area (Å²) in [6.07, 6.45) is 3.33. The third-order valence-corrected chi connectivity index (χ3v) is 7.96. The number of nitrogens with one attached hydrogen (secondary N) is 1. The average molecular weight is 482 g/mol. The molecule has 1 aromatic heterocycles. The molecule has 2 fully saturated rings. The molecule has 1 atom stereocenters. The Morgan fingerprint density at radius 1 is 1.19 bits per heavy atom. The molecule has 2 aromatic rings. The standard InChI is InChI=1S/C21H28FN5O3S2/c1-13(2)19-24-21(31-25-19)26-9-6-14(7-10-26)27-11-8-18(20(27)28)23-17-5-4-15(12-16(17)22)32(3,29)30/h4-5,12-14,18,23H,6-11H2,1-3H3. The van der Waals surface area contributed by atoms with Crippen molar-refractivity contribution in [2.45, 2.75) is 56.0 Å². The Kier molecular flexibility index (Phi) is 6.39. The number of piperidine rings is 1.